The third kappa shape index (κ3) is 3.86. The molecule has 8 heteroatoms. The summed E-state index contributed by atoms with van der Waals surface area (Å²) in [5.41, 5.74) is 1.38. The Bertz CT molecular complexity index is 611. The second-order valence-electron chi connectivity index (χ2n) is 3.97. The number of aryl methyl sites for hydroxylation is 1. The van der Waals surface area contributed by atoms with Crippen LogP contribution in [-0.2, 0) is 6.42 Å². The molecule has 2 aromatic heterocycles. The predicted molar refractivity (Wildman–Crippen MR) is 77.4 cm³/mol. The van der Waals surface area contributed by atoms with Crippen LogP contribution in [0.2, 0.25) is 10.2 Å². The highest BCUT2D eigenvalue weighted by molar-refractivity contribution is 7.71. The van der Waals surface area contributed by atoms with Gasteiger partial charge in [-0.2, -0.15) is 0 Å². The van der Waals surface area contributed by atoms with Gasteiger partial charge in [0.15, 0.2) is 4.77 Å². The van der Waals surface area contributed by atoms with Gasteiger partial charge in [0.1, 0.15) is 10.8 Å². The van der Waals surface area contributed by atoms with Crippen molar-refractivity contribution in [3.63, 3.8) is 0 Å². The molecule has 2 aromatic rings. The molecule has 0 aliphatic heterocycles. The van der Waals surface area contributed by atoms with Gasteiger partial charge in [0.25, 0.3) is 5.91 Å². The molecule has 0 atom stereocenters. The summed E-state index contributed by atoms with van der Waals surface area (Å²) in [5.74, 6) is -0.226. The van der Waals surface area contributed by atoms with Gasteiger partial charge in [0.05, 0.1) is 5.02 Å². The number of imidazole rings is 1. The molecular weight excluding hydrogens is 307 g/mol. The van der Waals surface area contributed by atoms with Crippen LogP contribution in [0.15, 0.2) is 12.3 Å². The number of nitrogens with one attached hydrogen (secondary N) is 4. The molecule has 4 N–H and O–H groups in total. The highest BCUT2D eigenvalue weighted by Crippen LogP contribution is 2.21. The lowest BCUT2D eigenvalue weighted by molar-refractivity contribution is 0.0949. The van der Waals surface area contributed by atoms with Crippen LogP contribution in [0, 0.1) is 4.77 Å². The molecule has 0 spiro atoms. The minimum atomic E-state index is -0.226. The Balaban J connectivity index is 1.76. The van der Waals surface area contributed by atoms with E-state index in [4.69, 9.17) is 35.4 Å². The van der Waals surface area contributed by atoms with Gasteiger partial charge in [-0.25, -0.2) is 0 Å². The number of halogens is 2. The van der Waals surface area contributed by atoms with Gasteiger partial charge < -0.3 is 20.3 Å². The topological polar surface area (TPSA) is 76.5 Å². The quantitative estimate of drug-likeness (QED) is 0.505. The molecule has 0 radical (unpaired) electrons. The van der Waals surface area contributed by atoms with Crippen LogP contribution in [0.3, 0.4) is 0 Å². The van der Waals surface area contributed by atoms with E-state index < -0.39 is 0 Å². The van der Waals surface area contributed by atoms with E-state index in [0.29, 0.717) is 22.0 Å². The van der Waals surface area contributed by atoms with Crippen molar-refractivity contribution < 1.29 is 4.79 Å². The van der Waals surface area contributed by atoms with Crippen molar-refractivity contribution in [3.05, 3.63) is 38.6 Å². The van der Waals surface area contributed by atoms with Gasteiger partial charge in [0.2, 0.25) is 0 Å². The van der Waals surface area contributed by atoms with Crippen molar-refractivity contribution in [1.82, 2.24) is 20.3 Å². The zero-order valence-electron chi connectivity index (χ0n) is 9.85. The van der Waals surface area contributed by atoms with Crippen LogP contribution in [0.5, 0.6) is 0 Å². The monoisotopic (exact) mass is 318 g/mol. The van der Waals surface area contributed by atoms with Crippen molar-refractivity contribution in [2.75, 3.05) is 6.54 Å². The van der Waals surface area contributed by atoms with Gasteiger partial charge in [-0.15, -0.1) is 0 Å². The summed E-state index contributed by atoms with van der Waals surface area (Å²) in [6.07, 6.45) is 3.44. The lowest BCUT2D eigenvalue weighted by Gasteiger charge is -2.02. The van der Waals surface area contributed by atoms with E-state index in [0.717, 1.165) is 18.5 Å². The zero-order chi connectivity index (χ0) is 13.8. The Morgan fingerprint density at radius 2 is 2.16 bits per heavy atom. The second-order valence-corrected chi connectivity index (χ2v) is 5.17. The molecule has 2 rings (SSSR count). The number of aromatic amines is 3. The van der Waals surface area contributed by atoms with Gasteiger partial charge in [-0.1, -0.05) is 23.2 Å². The number of carbonyl (C=O) groups excluding carboxylic acids is 1. The third-order valence-electron chi connectivity index (χ3n) is 2.53. The van der Waals surface area contributed by atoms with E-state index >= 15 is 0 Å². The van der Waals surface area contributed by atoms with Crippen LogP contribution >= 0.6 is 35.4 Å². The number of hydrogen-bond acceptors (Lipinski definition) is 2. The fraction of sp³-hybridized carbons (Fsp3) is 0.273. The summed E-state index contributed by atoms with van der Waals surface area (Å²) in [5, 5.41) is 3.39. The average molecular weight is 319 g/mol. The average Bonchev–Trinajstić information content (AvgIpc) is 2.92. The first-order valence-corrected chi connectivity index (χ1v) is 6.81. The number of H-pyrrole nitrogens is 3. The maximum absolute atomic E-state index is 11.7. The molecule has 102 valence electrons. The molecule has 0 unspecified atom stereocenters. The molecule has 1 amide bonds. The Morgan fingerprint density at radius 3 is 2.74 bits per heavy atom. The largest absolute Gasteiger partial charge is 0.351 e. The number of aromatic nitrogens is 3. The van der Waals surface area contributed by atoms with E-state index in [1.165, 1.54) is 6.07 Å². The smallest absolute Gasteiger partial charge is 0.267 e. The van der Waals surface area contributed by atoms with Crippen molar-refractivity contribution in [3.8, 4) is 0 Å². The molecular formula is C11H12Cl2N4OS. The second kappa shape index (κ2) is 6.27. The van der Waals surface area contributed by atoms with Crippen LogP contribution in [0.25, 0.3) is 0 Å². The van der Waals surface area contributed by atoms with E-state index in [1.807, 2.05) is 6.20 Å². The number of hydrogen-bond donors (Lipinski definition) is 4. The summed E-state index contributed by atoms with van der Waals surface area (Å²) in [6.45, 7) is 0.554. The maximum Gasteiger partial charge on any atom is 0.267 e. The molecule has 19 heavy (non-hydrogen) atoms. The third-order valence-corrected chi connectivity index (χ3v) is 3.44. The van der Waals surface area contributed by atoms with E-state index in [9.17, 15) is 4.79 Å². The normalized spacial score (nSPS) is 10.6. The molecule has 0 bridgehead atoms. The predicted octanol–water partition coefficient (Wildman–Crippen LogP) is 3.07. The summed E-state index contributed by atoms with van der Waals surface area (Å²) in [7, 11) is 0. The van der Waals surface area contributed by atoms with Gasteiger partial charge in [0, 0.05) is 18.4 Å². The highest BCUT2D eigenvalue weighted by Gasteiger charge is 2.10. The maximum atomic E-state index is 11.7. The Hall–Kier alpha value is -1.24. The summed E-state index contributed by atoms with van der Waals surface area (Å²) < 4.78 is 0.606. The highest BCUT2D eigenvalue weighted by atomic mass is 35.5. The van der Waals surface area contributed by atoms with Crippen molar-refractivity contribution >= 4 is 41.3 Å². The first-order chi connectivity index (χ1) is 9.06. The Labute approximate surface area is 124 Å². The Kier molecular flexibility index (Phi) is 4.68. The molecule has 0 saturated heterocycles. The van der Waals surface area contributed by atoms with Gasteiger partial charge in [-0.05, 0) is 31.1 Å². The molecule has 0 aliphatic carbocycles. The number of amides is 1. The van der Waals surface area contributed by atoms with Crippen LogP contribution in [0.4, 0.5) is 0 Å². The van der Waals surface area contributed by atoms with E-state index in [2.05, 4.69) is 20.3 Å². The summed E-state index contributed by atoms with van der Waals surface area (Å²) in [4.78, 5) is 20.3. The lowest BCUT2D eigenvalue weighted by atomic mass is 10.2. The fourth-order valence-corrected chi connectivity index (χ4v) is 2.11. The fourth-order valence-electron chi connectivity index (χ4n) is 1.61. The molecule has 0 fully saturated rings. The van der Waals surface area contributed by atoms with Crippen LogP contribution < -0.4 is 5.32 Å². The minimum Gasteiger partial charge on any atom is -0.351 e. The molecule has 0 saturated carbocycles. The summed E-state index contributed by atoms with van der Waals surface area (Å²) >= 11 is 16.4. The number of rotatable bonds is 5. The lowest BCUT2D eigenvalue weighted by Crippen LogP contribution is -2.25. The standard InChI is InChI=1S/C11H12Cl2N4OS/c12-7-4-8(17-9(7)13)10(18)14-3-1-2-6-5-15-11(19)16-6/h4-5,17H,1-3H2,(H,14,18)(H2,15,16,19). The number of carbonyl (C=O) groups is 1. The first kappa shape index (κ1) is 14.2. The first-order valence-electron chi connectivity index (χ1n) is 5.65. The zero-order valence-corrected chi connectivity index (χ0v) is 12.2. The van der Waals surface area contributed by atoms with Crippen molar-refractivity contribution in [2.24, 2.45) is 0 Å². The molecule has 0 aromatic carbocycles. The van der Waals surface area contributed by atoms with Gasteiger partial charge >= 0.3 is 0 Å². The summed E-state index contributed by atoms with van der Waals surface area (Å²) in [6, 6.07) is 1.50. The van der Waals surface area contributed by atoms with E-state index in [-0.39, 0.29) is 11.1 Å². The van der Waals surface area contributed by atoms with Crippen LogP contribution in [0.1, 0.15) is 22.6 Å². The molecule has 2 heterocycles. The Morgan fingerprint density at radius 1 is 1.37 bits per heavy atom. The molecule has 5 nitrogen and oxygen atoms in total. The van der Waals surface area contributed by atoms with Crippen LogP contribution in [-0.4, -0.2) is 27.4 Å². The van der Waals surface area contributed by atoms with Crippen molar-refractivity contribution in [2.45, 2.75) is 12.8 Å². The van der Waals surface area contributed by atoms with Gasteiger partial charge in [-0.3, -0.25) is 4.79 Å². The SMILES string of the molecule is O=C(NCCCc1c[nH]c(=S)[nH]1)c1cc(Cl)c(Cl)[nH]1. The molecule has 0 aliphatic rings. The minimum absolute atomic E-state index is 0.226. The van der Waals surface area contributed by atoms with Crippen molar-refractivity contribution in [1.29, 1.82) is 0 Å². The van der Waals surface area contributed by atoms with E-state index in [1.54, 1.807) is 0 Å².